The molecule has 0 amide bonds. The van der Waals surface area contributed by atoms with Crippen molar-refractivity contribution in [3.63, 3.8) is 0 Å². The van der Waals surface area contributed by atoms with Crippen molar-refractivity contribution >= 4 is 50.5 Å². The predicted octanol–water partition coefficient (Wildman–Crippen LogP) is 5.28. The van der Waals surface area contributed by atoms with Gasteiger partial charge in [0.2, 0.25) is 0 Å². The zero-order valence-corrected chi connectivity index (χ0v) is 13.2. The second-order valence-corrected chi connectivity index (χ2v) is 5.77. The molecule has 2 rings (SSSR count). The van der Waals surface area contributed by atoms with Crippen LogP contribution in [0.15, 0.2) is 40.9 Å². The second-order valence-electron chi connectivity index (χ2n) is 4.01. The van der Waals surface area contributed by atoms with E-state index in [-0.39, 0.29) is 5.69 Å². The maximum atomic E-state index is 11.0. The van der Waals surface area contributed by atoms with Crippen LogP contribution in [-0.4, -0.2) is 4.92 Å². The van der Waals surface area contributed by atoms with Crippen LogP contribution in [0, 0.1) is 10.1 Å². The van der Waals surface area contributed by atoms with Crippen LogP contribution in [0.3, 0.4) is 0 Å². The van der Waals surface area contributed by atoms with Gasteiger partial charge in [0, 0.05) is 27.7 Å². The minimum Gasteiger partial charge on any atom is -0.379 e. The summed E-state index contributed by atoms with van der Waals surface area (Å²) < 4.78 is 0.664. The summed E-state index contributed by atoms with van der Waals surface area (Å²) in [5, 5.41) is 15.1. The van der Waals surface area contributed by atoms with E-state index < -0.39 is 4.92 Å². The molecule has 7 heteroatoms. The largest absolute Gasteiger partial charge is 0.379 e. The van der Waals surface area contributed by atoms with Gasteiger partial charge in [0.1, 0.15) is 0 Å². The number of anilines is 1. The standard InChI is InChI=1S/C13H9BrCl2N2O2/c14-9-2-1-8(13(5-9)18(19)20)7-17-12-4-3-10(15)6-11(12)16/h1-6,17H,7H2. The number of nitrogens with zero attached hydrogens (tertiary/aromatic N) is 1. The molecule has 104 valence electrons. The molecule has 0 bridgehead atoms. The van der Waals surface area contributed by atoms with E-state index >= 15 is 0 Å². The normalized spacial score (nSPS) is 10.3. The SMILES string of the molecule is O=[N+]([O-])c1cc(Br)ccc1CNc1ccc(Cl)cc1Cl. The summed E-state index contributed by atoms with van der Waals surface area (Å²) in [5.74, 6) is 0. The van der Waals surface area contributed by atoms with E-state index in [0.717, 1.165) is 0 Å². The van der Waals surface area contributed by atoms with Crippen LogP contribution in [0.5, 0.6) is 0 Å². The van der Waals surface area contributed by atoms with Gasteiger partial charge in [-0.1, -0.05) is 39.1 Å². The zero-order valence-electron chi connectivity index (χ0n) is 10.1. The fourth-order valence-electron chi connectivity index (χ4n) is 1.68. The van der Waals surface area contributed by atoms with Gasteiger partial charge >= 0.3 is 0 Å². The number of hydrogen-bond acceptors (Lipinski definition) is 3. The molecule has 20 heavy (non-hydrogen) atoms. The topological polar surface area (TPSA) is 55.2 Å². The summed E-state index contributed by atoms with van der Waals surface area (Å²) in [4.78, 5) is 10.6. The minimum absolute atomic E-state index is 0.0527. The van der Waals surface area contributed by atoms with Crippen molar-refractivity contribution in [1.82, 2.24) is 0 Å². The Morgan fingerprint density at radius 1 is 1.20 bits per heavy atom. The Hall–Kier alpha value is -1.30. The number of hydrogen-bond donors (Lipinski definition) is 1. The molecule has 0 aliphatic carbocycles. The molecule has 0 unspecified atom stereocenters. The Morgan fingerprint density at radius 3 is 2.60 bits per heavy atom. The number of rotatable bonds is 4. The molecule has 0 spiro atoms. The Balaban J connectivity index is 2.20. The molecule has 0 saturated carbocycles. The van der Waals surface area contributed by atoms with Crippen LogP contribution in [-0.2, 0) is 6.54 Å². The molecule has 0 fully saturated rings. The first-order chi connectivity index (χ1) is 9.47. The van der Waals surface area contributed by atoms with Gasteiger partial charge in [-0.3, -0.25) is 10.1 Å². The lowest BCUT2D eigenvalue weighted by Crippen LogP contribution is -2.03. The number of nitrogens with one attached hydrogen (secondary N) is 1. The summed E-state index contributed by atoms with van der Waals surface area (Å²) in [6.45, 7) is 0.297. The van der Waals surface area contributed by atoms with Crippen molar-refractivity contribution in [1.29, 1.82) is 0 Å². The molecule has 4 nitrogen and oxygen atoms in total. The third-order valence-electron chi connectivity index (χ3n) is 2.64. The highest BCUT2D eigenvalue weighted by Crippen LogP contribution is 2.28. The van der Waals surface area contributed by atoms with Gasteiger partial charge in [-0.15, -0.1) is 0 Å². The lowest BCUT2D eigenvalue weighted by molar-refractivity contribution is -0.385. The first kappa shape index (κ1) is 15.1. The lowest BCUT2D eigenvalue weighted by atomic mass is 10.2. The highest BCUT2D eigenvalue weighted by atomic mass is 79.9. The van der Waals surface area contributed by atoms with Gasteiger partial charge in [-0.25, -0.2) is 0 Å². The van der Waals surface area contributed by atoms with E-state index in [1.54, 1.807) is 30.3 Å². The maximum absolute atomic E-state index is 11.0. The van der Waals surface area contributed by atoms with Crippen LogP contribution >= 0.6 is 39.1 Å². The Bertz CT molecular complexity index is 665. The summed E-state index contributed by atoms with van der Waals surface area (Å²) >= 11 is 15.1. The van der Waals surface area contributed by atoms with Crippen molar-refractivity contribution < 1.29 is 4.92 Å². The molecule has 0 aromatic heterocycles. The highest BCUT2D eigenvalue weighted by Gasteiger charge is 2.14. The summed E-state index contributed by atoms with van der Waals surface area (Å²) in [7, 11) is 0. The van der Waals surface area contributed by atoms with Crippen LogP contribution in [0.25, 0.3) is 0 Å². The van der Waals surface area contributed by atoms with E-state index in [1.165, 1.54) is 6.07 Å². The quantitative estimate of drug-likeness (QED) is 0.584. The number of benzene rings is 2. The molecule has 0 atom stereocenters. The fourth-order valence-corrected chi connectivity index (χ4v) is 2.50. The minimum atomic E-state index is -0.411. The maximum Gasteiger partial charge on any atom is 0.275 e. The van der Waals surface area contributed by atoms with Crippen molar-refractivity contribution in [2.45, 2.75) is 6.54 Å². The summed E-state index contributed by atoms with van der Waals surface area (Å²) in [6.07, 6.45) is 0. The lowest BCUT2D eigenvalue weighted by Gasteiger charge is -2.09. The van der Waals surface area contributed by atoms with Crippen LogP contribution < -0.4 is 5.32 Å². The third-order valence-corrected chi connectivity index (χ3v) is 3.69. The third kappa shape index (κ3) is 3.62. The Labute approximate surface area is 134 Å². The van der Waals surface area contributed by atoms with Crippen LogP contribution in [0.1, 0.15) is 5.56 Å². The molecule has 2 aromatic rings. The van der Waals surface area contributed by atoms with E-state index in [4.69, 9.17) is 23.2 Å². The molecule has 0 saturated heterocycles. The summed E-state index contributed by atoms with van der Waals surface area (Å²) in [6, 6.07) is 9.97. The van der Waals surface area contributed by atoms with E-state index in [1.807, 2.05) is 0 Å². The molecule has 0 radical (unpaired) electrons. The predicted molar refractivity (Wildman–Crippen MR) is 84.6 cm³/mol. The van der Waals surface area contributed by atoms with Gasteiger partial charge in [0.05, 0.1) is 15.6 Å². The Kier molecular flexibility index (Phi) is 4.86. The van der Waals surface area contributed by atoms with Crippen molar-refractivity contribution in [3.05, 3.63) is 66.6 Å². The number of nitro benzene ring substituents is 1. The van der Waals surface area contributed by atoms with Crippen LogP contribution in [0.4, 0.5) is 11.4 Å². The number of halogens is 3. The van der Waals surface area contributed by atoms with Gasteiger partial charge in [-0.05, 0) is 30.3 Å². The van der Waals surface area contributed by atoms with Crippen molar-refractivity contribution in [2.24, 2.45) is 0 Å². The van der Waals surface area contributed by atoms with Crippen molar-refractivity contribution in [2.75, 3.05) is 5.32 Å². The van der Waals surface area contributed by atoms with Gasteiger partial charge in [0.25, 0.3) is 5.69 Å². The molecule has 0 heterocycles. The average molecular weight is 376 g/mol. The van der Waals surface area contributed by atoms with Gasteiger partial charge in [0.15, 0.2) is 0 Å². The smallest absolute Gasteiger partial charge is 0.275 e. The van der Waals surface area contributed by atoms with E-state index in [0.29, 0.717) is 32.3 Å². The molecule has 1 N–H and O–H groups in total. The zero-order chi connectivity index (χ0) is 14.7. The fraction of sp³-hybridized carbons (Fsp3) is 0.0769. The molecular formula is C13H9BrCl2N2O2. The summed E-state index contributed by atoms with van der Waals surface area (Å²) in [5.41, 5.74) is 1.30. The molecule has 0 aliphatic heterocycles. The van der Waals surface area contributed by atoms with Gasteiger partial charge < -0.3 is 5.32 Å². The van der Waals surface area contributed by atoms with E-state index in [9.17, 15) is 10.1 Å². The Morgan fingerprint density at radius 2 is 1.95 bits per heavy atom. The second kappa shape index (κ2) is 6.43. The molecule has 0 aliphatic rings. The molecular weight excluding hydrogens is 367 g/mol. The highest BCUT2D eigenvalue weighted by molar-refractivity contribution is 9.10. The molecule has 2 aromatic carbocycles. The first-order valence-electron chi connectivity index (χ1n) is 5.59. The first-order valence-corrected chi connectivity index (χ1v) is 7.14. The van der Waals surface area contributed by atoms with E-state index in [2.05, 4.69) is 21.2 Å². The van der Waals surface area contributed by atoms with Crippen molar-refractivity contribution in [3.8, 4) is 0 Å². The average Bonchev–Trinajstić information content (AvgIpc) is 2.38. The monoisotopic (exact) mass is 374 g/mol. The van der Waals surface area contributed by atoms with Gasteiger partial charge in [-0.2, -0.15) is 0 Å². The number of nitro groups is 1. The van der Waals surface area contributed by atoms with Crippen LogP contribution in [0.2, 0.25) is 10.0 Å².